The summed E-state index contributed by atoms with van der Waals surface area (Å²) >= 11 is 0. The molecule has 15 heteroatoms. The van der Waals surface area contributed by atoms with Crippen molar-refractivity contribution in [3.05, 3.63) is 87.9 Å². The van der Waals surface area contributed by atoms with E-state index in [0.29, 0.717) is 67.7 Å². The van der Waals surface area contributed by atoms with Crippen molar-refractivity contribution >= 4 is 46.7 Å². The number of H-pyrrole nitrogens is 1. The van der Waals surface area contributed by atoms with E-state index in [9.17, 15) is 28.8 Å². The summed E-state index contributed by atoms with van der Waals surface area (Å²) in [7, 11) is 0. The number of hydrogen-bond acceptors (Lipinski definition) is 9. The number of aromatic nitrogens is 1. The first-order chi connectivity index (χ1) is 29.3. The Bertz CT molecular complexity index is 2300. The molecule has 0 bridgehead atoms. The number of rotatable bonds is 11. The van der Waals surface area contributed by atoms with E-state index < -0.39 is 35.0 Å². The SMILES string of the molecule is Cc1cc(C(=O)NC2CCN(C(=O)OC(C)(C)C)CC2)ccc1-c1ccc(C[C@H](NC(=O)[C@H]2CC[C@H](CNC(=O)OC(C)(C)C)CC2)C(=O)Nc2ccc3[nH]c(=O)oc3c2)cc1. The van der Waals surface area contributed by atoms with Gasteiger partial charge < -0.3 is 40.1 Å². The van der Waals surface area contributed by atoms with Gasteiger partial charge in [0.1, 0.15) is 17.2 Å². The van der Waals surface area contributed by atoms with E-state index in [1.807, 2.05) is 84.9 Å². The van der Waals surface area contributed by atoms with Crippen LogP contribution in [0.3, 0.4) is 0 Å². The van der Waals surface area contributed by atoms with Gasteiger partial charge in [-0.3, -0.25) is 19.4 Å². The average molecular weight is 853 g/mol. The highest BCUT2D eigenvalue weighted by molar-refractivity contribution is 5.99. The number of nitrogens with zero attached hydrogens (tertiary/aromatic N) is 1. The Morgan fingerprint density at radius 2 is 1.52 bits per heavy atom. The smallest absolute Gasteiger partial charge is 0.417 e. The summed E-state index contributed by atoms with van der Waals surface area (Å²) in [4.78, 5) is 81.5. The van der Waals surface area contributed by atoms with Crippen molar-refractivity contribution in [3.63, 3.8) is 0 Å². The van der Waals surface area contributed by atoms with Crippen molar-refractivity contribution < 1.29 is 37.9 Å². The molecule has 1 saturated carbocycles. The predicted molar refractivity (Wildman–Crippen MR) is 236 cm³/mol. The molecular formula is C47H60N6O9. The van der Waals surface area contributed by atoms with Crippen molar-refractivity contribution in [1.82, 2.24) is 25.8 Å². The van der Waals surface area contributed by atoms with E-state index in [0.717, 1.165) is 35.1 Å². The van der Waals surface area contributed by atoms with Crippen molar-refractivity contribution in [1.29, 1.82) is 0 Å². The third-order valence-electron chi connectivity index (χ3n) is 11.1. The number of carbonyl (C=O) groups is 5. The van der Waals surface area contributed by atoms with E-state index in [2.05, 4.69) is 26.3 Å². The number of ether oxygens (including phenoxy) is 2. The molecular weight excluding hydrogens is 793 g/mol. The van der Waals surface area contributed by atoms with Gasteiger partial charge in [-0.2, -0.15) is 0 Å². The quantitative estimate of drug-likeness (QED) is 0.103. The third-order valence-corrected chi connectivity index (χ3v) is 11.1. The second kappa shape index (κ2) is 19.3. The Balaban J connectivity index is 1.07. The molecule has 5 N–H and O–H groups in total. The molecule has 1 aromatic heterocycles. The summed E-state index contributed by atoms with van der Waals surface area (Å²) in [6.07, 6.45) is 3.42. The Hall–Kier alpha value is -6.12. The minimum absolute atomic E-state index is 0.0513. The van der Waals surface area contributed by atoms with Crippen LogP contribution in [-0.2, 0) is 25.5 Å². The number of benzene rings is 3. The Kier molecular flexibility index (Phi) is 14.1. The highest BCUT2D eigenvalue weighted by atomic mass is 16.6. The number of carbonyl (C=O) groups excluding carboxylic acids is 5. The van der Waals surface area contributed by atoms with Crippen LogP contribution < -0.4 is 27.0 Å². The van der Waals surface area contributed by atoms with Gasteiger partial charge in [0.2, 0.25) is 11.8 Å². The molecule has 62 heavy (non-hydrogen) atoms. The lowest BCUT2D eigenvalue weighted by Crippen LogP contribution is -2.48. The summed E-state index contributed by atoms with van der Waals surface area (Å²) in [5.41, 5.74) is 4.22. The monoisotopic (exact) mass is 852 g/mol. The van der Waals surface area contributed by atoms with E-state index in [4.69, 9.17) is 13.9 Å². The van der Waals surface area contributed by atoms with Crippen LogP contribution in [0.2, 0.25) is 0 Å². The number of hydrogen-bond donors (Lipinski definition) is 5. The third kappa shape index (κ3) is 12.7. The van der Waals surface area contributed by atoms with Crippen molar-refractivity contribution in [2.45, 2.75) is 117 Å². The normalized spacial score (nSPS) is 17.8. The van der Waals surface area contributed by atoms with Crippen molar-refractivity contribution in [2.75, 3.05) is 25.0 Å². The summed E-state index contributed by atoms with van der Waals surface area (Å²) < 4.78 is 16.0. The molecule has 1 saturated heterocycles. The number of aromatic amines is 1. The first-order valence-electron chi connectivity index (χ1n) is 21.5. The number of fused-ring (bicyclic) bond motifs is 1. The number of anilines is 1. The first-order valence-corrected chi connectivity index (χ1v) is 21.5. The maximum atomic E-state index is 13.9. The largest absolute Gasteiger partial charge is 0.444 e. The minimum Gasteiger partial charge on any atom is -0.444 e. The number of piperidine rings is 1. The Labute approximate surface area is 362 Å². The van der Waals surface area contributed by atoms with Gasteiger partial charge in [0.25, 0.3) is 5.91 Å². The topological polar surface area (TPSA) is 201 Å². The average Bonchev–Trinajstić information content (AvgIpc) is 3.58. The van der Waals surface area contributed by atoms with Gasteiger partial charge in [-0.05, 0) is 139 Å². The maximum absolute atomic E-state index is 13.9. The first kappa shape index (κ1) is 45.4. The summed E-state index contributed by atoms with van der Waals surface area (Å²) in [6, 6.07) is 17.2. The molecule has 2 fully saturated rings. The van der Waals surface area contributed by atoms with Crippen LogP contribution in [0.1, 0.15) is 102 Å². The van der Waals surface area contributed by atoms with Gasteiger partial charge in [-0.25, -0.2) is 14.4 Å². The number of alkyl carbamates (subject to hydrolysis) is 1. The minimum atomic E-state index is -0.919. The predicted octanol–water partition coefficient (Wildman–Crippen LogP) is 7.22. The molecule has 2 heterocycles. The zero-order valence-electron chi connectivity index (χ0n) is 36.8. The molecule has 15 nitrogen and oxygen atoms in total. The maximum Gasteiger partial charge on any atom is 0.417 e. The number of nitrogens with one attached hydrogen (secondary N) is 5. The van der Waals surface area contributed by atoms with E-state index >= 15 is 0 Å². The van der Waals surface area contributed by atoms with Gasteiger partial charge in [-0.1, -0.05) is 30.3 Å². The van der Waals surface area contributed by atoms with Crippen molar-refractivity contribution in [2.24, 2.45) is 11.8 Å². The van der Waals surface area contributed by atoms with Gasteiger partial charge in [0.15, 0.2) is 5.58 Å². The van der Waals surface area contributed by atoms with Crippen LogP contribution in [0.15, 0.2) is 69.9 Å². The number of oxazole rings is 1. The second-order valence-corrected chi connectivity index (χ2v) is 18.5. The fourth-order valence-electron chi connectivity index (χ4n) is 7.91. The van der Waals surface area contributed by atoms with Crippen LogP contribution >= 0.6 is 0 Å². The molecule has 4 aromatic rings. The molecule has 0 unspecified atom stereocenters. The van der Waals surface area contributed by atoms with Gasteiger partial charge in [-0.15, -0.1) is 0 Å². The zero-order valence-corrected chi connectivity index (χ0v) is 36.8. The van der Waals surface area contributed by atoms with Gasteiger partial charge in [0, 0.05) is 55.3 Å². The molecule has 0 spiro atoms. The van der Waals surface area contributed by atoms with Crippen LogP contribution in [0.5, 0.6) is 0 Å². The van der Waals surface area contributed by atoms with Crippen LogP contribution in [-0.4, -0.2) is 82.7 Å². The lowest BCUT2D eigenvalue weighted by Gasteiger charge is -2.33. The molecule has 1 aliphatic carbocycles. The lowest BCUT2D eigenvalue weighted by molar-refractivity contribution is -0.130. The van der Waals surface area contributed by atoms with E-state index in [-0.39, 0.29) is 42.2 Å². The summed E-state index contributed by atoms with van der Waals surface area (Å²) in [6.45, 7) is 14.4. The molecule has 1 aliphatic heterocycles. The van der Waals surface area contributed by atoms with Crippen LogP contribution in [0.25, 0.3) is 22.2 Å². The molecule has 6 rings (SSSR count). The highest BCUT2D eigenvalue weighted by Gasteiger charge is 2.31. The second-order valence-electron chi connectivity index (χ2n) is 18.5. The standard InChI is InChI=1S/C47H60N6O9/c1-28-24-33(41(55)49-34-20-22-53(23-21-34)45(59)62-47(5,6)7)16-18-36(28)31-12-8-29(9-13-31)25-38(42(56)50-35-17-19-37-39(26-35)60-44(58)52-37)51-40(54)32-14-10-30(11-15-32)27-48-43(57)61-46(2,3)4/h8-9,12-13,16-19,24,26,30,32,34,38H,10-11,14-15,20-23,25,27H2,1-7H3,(H,48,57)(H,49,55)(H,50,56)(H,51,54)(H,52,58)/t30-,32-,38-/m0/s1. The zero-order chi connectivity index (χ0) is 44.8. The molecule has 1 atom stereocenters. The van der Waals surface area contributed by atoms with Gasteiger partial charge in [0.05, 0.1) is 5.52 Å². The Morgan fingerprint density at radius 1 is 0.839 bits per heavy atom. The molecule has 5 amide bonds. The van der Waals surface area contributed by atoms with Crippen LogP contribution in [0, 0.1) is 18.8 Å². The van der Waals surface area contributed by atoms with E-state index in [1.54, 1.807) is 29.2 Å². The van der Waals surface area contributed by atoms with Crippen molar-refractivity contribution in [3.8, 4) is 11.1 Å². The summed E-state index contributed by atoms with van der Waals surface area (Å²) in [5.74, 6) is -1.48. The number of amides is 5. The van der Waals surface area contributed by atoms with Gasteiger partial charge >= 0.3 is 17.9 Å². The molecule has 0 radical (unpaired) electrons. The summed E-state index contributed by atoms with van der Waals surface area (Å²) in [5, 5.41) is 11.9. The lowest BCUT2D eigenvalue weighted by atomic mass is 9.81. The fourth-order valence-corrected chi connectivity index (χ4v) is 7.91. The number of aryl methyl sites for hydroxylation is 1. The highest BCUT2D eigenvalue weighted by Crippen LogP contribution is 2.30. The molecule has 332 valence electrons. The van der Waals surface area contributed by atoms with E-state index in [1.165, 1.54) is 0 Å². The van der Waals surface area contributed by atoms with Crippen LogP contribution in [0.4, 0.5) is 15.3 Å². The Morgan fingerprint density at radius 3 is 2.16 bits per heavy atom. The fraction of sp³-hybridized carbons (Fsp3) is 0.489. The molecule has 3 aromatic carbocycles. The number of likely N-dealkylation sites (tertiary alicyclic amines) is 1. The molecule has 2 aliphatic rings.